The van der Waals surface area contributed by atoms with Crippen molar-refractivity contribution in [2.24, 2.45) is 0 Å². The summed E-state index contributed by atoms with van der Waals surface area (Å²) in [6.07, 6.45) is 4.64. The molecule has 2 aromatic carbocycles. The molecule has 27 heavy (non-hydrogen) atoms. The number of nitrogen functional groups attached to an aromatic ring is 1. The monoisotopic (exact) mass is 369 g/mol. The highest BCUT2D eigenvalue weighted by atomic mass is 19.1. The van der Waals surface area contributed by atoms with Crippen molar-refractivity contribution < 1.29 is 8.78 Å². The number of aromatic nitrogens is 2. The summed E-state index contributed by atoms with van der Waals surface area (Å²) in [5, 5.41) is 5.83. The van der Waals surface area contributed by atoms with E-state index in [9.17, 15) is 8.78 Å². The van der Waals surface area contributed by atoms with Gasteiger partial charge in [0.15, 0.2) is 11.6 Å². The lowest BCUT2D eigenvalue weighted by atomic mass is 10.1. The molecule has 0 unspecified atom stereocenters. The molecule has 0 radical (unpaired) electrons. The van der Waals surface area contributed by atoms with Crippen LogP contribution in [0.4, 0.5) is 37.5 Å². The Hall–Kier alpha value is -3.22. The number of aryl methyl sites for hydroxylation is 1. The number of nitrogens with two attached hydrogens (primary N) is 1. The van der Waals surface area contributed by atoms with Gasteiger partial charge in [0.25, 0.3) is 0 Å². The lowest BCUT2D eigenvalue weighted by Crippen LogP contribution is -2.06. The Morgan fingerprint density at radius 2 is 1.67 bits per heavy atom. The van der Waals surface area contributed by atoms with E-state index in [0.29, 0.717) is 5.82 Å². The molecule has 0 saturated carbocycles. The van der Waals surface area contributed by atoms with Crippen LogP contribution in [-0.2, 0) is 6.42 Å². The molecule has 5 nitrogen and oxygen atoms in total. The van der Waals surface area contributed by atoms with Crippen molar-refractivity contribution >= 4 is 28.7 Å². The maximum Gasteiger partial charge on any atom is 0.159 e. The SMILES string of the molecule is CCCCc1ccc(Nc2ncnc(Nc3cc(F)ccc3F)c2N)cc1. The van der Waals surface area contributed by atoms with Crippen molar-refractivity contribution in [2.45, 2.75) is 26.2 Å². The van der Waals surface area contributed by atoms with Crippen LogP contribution < -0.4 is 16.4 Å². The number of rotatable bonds is 7. The van der Waals surface area contributed by atoms with Crippen LogP contribution in [0.25, 0.3) is 0 Å². The molecule has 0 amide bonds. The van der Waals surface area contributed by atoms with Crippen LogP contribution in [0.5, 0.6) is 0 Å². The van der Waals surface area contributed by atoms with E-state index in [1.54, 1.807) is 0 Å². The van der Waals surface area contributed by atoms with Crippen molar-refractivity contribution in [3.05, 3.63) is 66.0 Å². The van der Waals surface area contributed by atoms with Gasteiger partial charge in [0.2, 0.25) is 0 Å². The zero-order chi connectivity index (χ0) is 19.2. The molecule has 1 heterocycles. The molecular weight excluding hydrogens is 348 g/mol. The van der Waals surface area contributed by atoms with Gasteiger partial charge in [-0.1, -0.05) is 25.5 Å². The molecule has 0 spiro atoms. The number of unbranched alkanes of at least 4 members (excludes halogenated alkanes) is 1. The highest BCUT2D eigenvalue weighted by Gasteiger charge is 2.11. The summed E-state index contributed by atoms with van der Waals surface area (Å²) in [6, 6.07) is 11.1. The van der Waals surface area contributed by atoms with Crippen LogP contribution in [0.15, 0.2) is 48.8 Å². The molecule has 0 aliphatic heterocycles. The number of nitrogens with zero attached hydrogens (tertiary/aromatic N) is 2. The van der Waals surface area contributed by atoms with E-state index in [-0.39, 0.29) is 17.2 Å². The third-order valence-electron chi connectivity index (χ3n) is 4.10. The van der Waals surface area contributed by atoms with Crippen LogP contribution in [0.2, 0.25) is 0 Å². The Balaban J connectivity index is 1.77. The first-order valence-electron chi connectivity index (χ1n) is 8.75. The quantitative estimate of drug-likeness (QED) is 0.536. The fourth-order valence-electron chi connectivity index (χ4n) is 2.59. The smallest absolute Gasteiger partial charge is 0.159 e. The van der Waals surface area contributed by atoms with Crippen LogP contribution in [0.3, 0.4) is 0 Å². The first-order chi connectivity index (χ1) is 13.1. The number of anilines is 5. The van der Waals surface area contributed by atoms with E-state index in [1.165, 1.54) is 11.9 Å². The van der Waals surface area contributed by atoms with E-state index in [2.05, 4.69) is 39.7 Å². The van der Waals surface area contributed by atoms with Crippen LogP contribution in [0.1, 0.15) is 25.3 Å². The van der Waals surface area contributed by atoms with Crippen molar-refractivity contribution in [2.75, 3.05) is 16.4 Å². The molecule has 140 valence electrons. The van der Waals surface area contributed by atoms with Crippen molar-refractivity contribution in [1.29, 1.82) is 0 Å². The third-order valence-corrected chi connectivity index (χ3v) is 4.10. The van der Waals surface area contributed by atoms with Gasteiger partial charge in [0.1, 0.15) is 23.6 Å². The maximum absolute atomic E-state index is 13.8. The molecule has 4 N–H and O–H groups in total. The minimum Gasteiger partial charge on any atom is -0.393 e. The Morgan fingerprint density at radius 1 is 0.963 bits per heavy atom. The van der Waals surface area contributed by atoms with E-state index in [1.807, 2.05) is 12.1 Å². The predicted molar refractivity (Wildman–Crippen MR) is 104 cm³/mol. The zero-order valence-electron chi connectivity index (χ0n) is 15.0. The van der Waals surface area contributed by atoms with Gasteiger partial charge in [0, 0.05) is 11.8 Å². The lowest BCUT2D eigenvalue weighted by Gasteiger charge is -2.13. The van der Waals surface area contributed by atoms with Gasteiger partial charge in [0.05, 0.1) is 5.69 Å². The molecule has 0 aliphatic rings. The summed E-state index contributed by atoms with van der Waals surface area (Å²) in [7, 11) is 0. The third kappa shape index (κ3) is 4.69. The Bertz CT molecular complexity index is 913. The Labute approximate surface area is 156 Å². The number of hydrogen-bond acceptors (Lipinski definition) is 5. The van der Waals surface area contributed by atoms with Gasteiger partial charge >= 0.3 is 0 Å². The summed E-state index contributed by atoms with van der Waals surface area (Å²) >= 11 is 0. The second kappa shape index (κ2) is 8.44. The van der Waals surface area contributed by atoms with Gasteiger partial charge in [-0.25, -0.2) is 18.7 Å². The van der Waals surface area contributed by atoms with E-state index in [0.717, 1.165) is 43.1 Å². The molecule has 1 aromatic heterocycles. The van der Waals surface area contributed by atoms with Crippen molar-refractivity contribution in [3.8, 4) is 0 Å². The highest BCUT2D eigenvalue weighted by Crippen LogP contribution is 2.29. The summed E-state index contributed by atoms with van der Waals surface area (Å²) in [4.78, 5) is 8.15. The largest absolute Gasteiger partial charge is 0.393 e. The van der Waals surface area contributed by atoms with E-state index in [4.69, 9.17) is 5.73 Å². The molecule has 0 atom stereocenters. The Morgan fingerprint density at radius 3 is 2.37 bits per heavy atom. The summed E-state index contributed by atoms with van der Waals surface area (Å²) < 4.78 is 27.2. The zero-order valence-corrected chi connectivity index (χ0v) is 15.0. The maximum atomic E-state index is 13.8. The predicted octanol–water partition coefficient (Wildman–Crippen LogP) is 5.17. The topological polar surface area (TPSA) is 75.9 Å². The second-order valence-corrected chi connectivity index (χ2v) is 6.16. The number of hydrogen-bond donors (Lipinski definition) is 3. The first kappa shape index (κ1) is 18.6. The summed E-state index contributed by atoms with van der Waals surface area (Å²) in [5.41, 5.74) is 8.34. The summed E-state index contributed by atoms with van der Waals surface area (Å²) in [6.45, 7) is 2.16. The average molecular weight is 369 g/mol. The first-order valence-corrected chi connectivity index (χ1v) is 8.75. The van der Waals surface area contributed by atoms with Gasteiger partial charge in [-0.3, -0.25) is 0 Å². The minimum atomic E-state index is -0.605. The van der Waals surface area contributed by atoms with Gasteiger partial charge in [-0.15, -0.1) is 0 Å². The van der Waals surface area contributed by atoms with Crippen LogP contribution in [0, 0.1) is 11.6 Å². The number of benzene rings is 2. The fraction of sp³-hybridized carbons (Fsp3) is 0.200. The van der Waals surface area contributed by atoms with Gasteiger partial charge in [-0.2, -0.15) is 0 Å². The van der Waals surface area contributed by atoms with Crippen LogP contribution in [-0.4, -0.2) is 9.97 Å². The molecule has 0 saturated heterocycles. The van der Waals surface area contributed by atoms with Crippen molar-refractivity contribution in [1.82, 2.24) is 9.97 Å². The number of nitrogens with one attached hydrogen (secondary N) is 2. The Kier molecular flexibility index (Phi) is 5.80. The molecule has 7 heteroatoms. The lowest BCUT2D eigenvalue weighted by molar-refractivity contribution is 0.603. The summed E-state index contributed by atoms with van der Waals surface area (Å²) in [5.74, 6) is -0.596. The second-order valence-electron chi connectivity index (χ2n) is 6.16. The molecule has 3 rings (SSSR count). The fourth-order valence-corrected chi connectivity index (χ4v) is 2.59. The van der Waals surface area contributed by atoms with Crippen molar-refractivity contribution in [3.63, 3.8) is 0 Å². The normalized spacial score (nSPS) is 10.6. The van der Waals surface area contributed by atoms with Gasteiger partial charge in [-0.05, 0) is 42.7 Å². The molecule has 0 fully saturated rings. The molecule has 0 bridgehead atoms. The van der Waals surface area contributed by atoms with Crippen LogP contribution >= 0.6 is 0 Å². The van der Waals surface area contributed by atoms with E-state index >= 15 is 0 Å². The van der Waals surface area contributed by atoms with Gasteiger partial charge < -0.3 is 16.4 Å². The molecular formula is C20H21F2N5. The molecule has 0 aliphatic carbocycles. The van der Waals surface area contributed by atoms with E-state index < -0.39 is 11.6 Å². The highest BCUT2D eigenvalue weighted by molar-refractivity contribution is 5.80. The molecule has 3 aromatic rings. The number of halogens is 2. The standard InChI is InChI=1S/C20H21F2N5/c1-2-3-4-13-5-8-15(9-6-13)26-19-18(23)20(25-12-24-19)27-17-11-14(21)7-10-16(17)22/h5-12H,2-4,23H2,1H3,(H2,24,25,26,27). The minimum absolute atomic E-state index is 0.0494. The average Bonchev–Trinajstić information content (AvgIpc) is 2.67.